The van der Waals surface area contributed by atoms with E-state index >= 15 is 0 Å². The first-order chi connectivity index (χ1) is 7.46. The molecule has 2 aromatic rings. The first-order valence-corrected chi connectivity index (χ1v) is 6.05. The maximum Gasteiger partial charge on any atom is 0.505 e. The fourth-order valence-corrected chi connectivity index (χ4v) is 1.58. The third-order valence-electron chi connectivity index (χ3n) is 1.83. The van der Waals surface area contributed by atoms with Gasteiger partial charge in [0.25, 0.3) is 0 Å². The number of aromatic amines is 1. The minimum Gasteiger partial charge on any atom is -0.358 e. The number of rotatable bonds is 3. The van der Waals surface area contributed by atoms with Crippen molar-refractivity contribution >= 4 is 30.3 Å². The van der Waals surface area contributed by atoms with Gasteiger partial charge in [0, 0.05) is 16.6 Å². The van der Waals surface area contributed by atoms with E-state index < -0.39 is 7.82 Å². The smallest absolute Gasteiger partial charge is 0.358 e. The molecule has 0 aliphatic heterocycles. The van der Waals surface area contributed by atoms with E-state index in [9.17, 15) is 4.57 Å². The van der Waals surface area contributed by atoms with Gasteiger partial charge in [0.1, 0.15) is 0 Å². The zero-order valence-electron chi connectivity index (χ0n) is 7.75. The molecule has 8 heteroatoms. The van der Waals surface area contributed by atoms with Gasteiger partial charge in [-0.2, -0.15) is 0 Å². The van der Waals surface area contributed by atoms with Gasteiger partial charge in [-0.15, -0.1) is 0 Å². The van der Waals surface area contributed by atoms with Crippen molar-refractivity contribution in [1.29, 1.82) is 0 Å². The van der Waals surface area contributed by atoms with Gasteiger partial charge in [-0.1, -0.05) is 16.3 Å². The number of hydrogen-bond donors (Lipinski definition) is 3. The second-order valence-electron chi connectivity index (χ2n) is 2.99. The maximum absolute atomic E-state index is 10.4. The molecule has 1 aromatic carbocycles. The molecule has 3 N–H and O–H groups in total. The van der Waals surface area contributed by atoms with E-state index in [1.165, 1.54) is 6.20 Å². The van der Waals surface area contributed by atoms with Crippen molar-refractivity contribution < 1.29 is 23.9 Å². The molecule has 1 aromatic heterocycles. The summed E-state index contributed by atoms with van der Waals surface area (Å²) >= 11 is 5.76. The van der Waals surface area contributed by atoms with Gasteiger partial charge in [0.05, 0.1) is 5.52 Å². The fourth-order valence-electron chi connectivity index (χ4n) is 1.23. The van der Waals surface area contributed by atoms with Crippen LogP contribution in [0.4, 0.5) is 0 Å². The van der Waals surface area contributed by atoms with E-state index in [0.29, 0.717) is 15.9 Å². The number of aromatic nitrogens is 1. The van der Waals surface area contributed by atoms with Crippen LogP contribution in [0.2, 0.25) is 5.02 Å². The normalized spacial score (nSPS) is 11.9. The van der Waals surface area contributed by atoms with E-state index in [1.807, 2.05) is 0 Å². The van der Waals surface area contributed by atoms with Crippen molar-refractivity contribution in [2.45, 2.75) is 0 Å². The van der Waals surface area contributed by atoms with Crippen LogP contribution in [0, 0.1) is 0 Å². The minimum atomic E-state index is -4.66. The lowest BCUT2D eigenvalue weighted by Gasteiger charge is -2.03. The van der Waals surface area contributed by atoms with Crippen LogP contribution in [0.25, 0.3) is 10.9 Å². The van der Waals surface area contributed by atoms with Crippen molar-refractivity contribution in [3.8, 4) is 5.75 Å². The first-order valence-electron chi connectivity index (χ1n) is 4.14. The Balaban J connectivity index is 2.29. The number of nitrogens with one attached hydrogen (secondary N) is 1. The minimum absolute atomic E-state index is 0.176. The van der Waals surface area contributed by atoms with Gasteiger partial charge in [-0.05, 0) is 18.2 Å². The topological polar surface area (TPSA) is 91.8 Å². The van der Waals surface area contributed by atoms with Gasteiger partial charge in [0.15, 0.2) is 5.75 Å². The monoisotopic (exact) mass is 263 g/mol. The lowest BCUT2D eigenvalue weighted by atomic mass is 10.2. The summed E-state index contributed by atoms with van der Waals surface area (Å²) in [6.45, 7) is 0. The fraction of sp³-hybridized carbons (Fsp3) is 0. The average Bonchev–Trinajstić information content (AvgIpc) is 2.56. The standard InChI is InChI=1S/C8H7ClNO5P/c9-5-1-2-6-7(3-5)10-4-8(6)14-15-16(11,12)13/h1-4,10H,(H2,11,12,13). The Morgan fingerprint density at radius 3 is 2.81 bits per heavy atom. The van der Waals surface area contributed by atoms with Crippen LogP contribution < -0.4 is 4.89 Å². The Kier molecular flexibility index (Phi) is 2.92. The molecular weight excluding hydrogens is 257 g/mol. The summed E-state index contributed by atoms with van der Waals surface area (Å²) in [5.74, 6) is 0.176. The summed E-state index contributed by atoms with van der Waals surface area (Å²) < 4.78 is 14.4. The molecule has 0 bridgehead atoms. The molecule has 0 aliphatic carbocycles. The van der Waals surface area contributed by atoms with Crippen LogP contribution in [-0.2, 0) is 9.24 Å². The Hall–Kier alpha value is -1.04. The van der Waals surface area contributed by atoms with Crippen molar-refractivity contribution in [2.24, 2.45) is 0 Å². The van der Waals surface area contributed by atoms with Gasteiger partial charge >= 0.3 is 7.82 Å². The summed E-state index contributed by atoms with van der Waals surface area (Å²) in [6.07, 6.45) is 1.41. The number of fused-ring (bicyclic) bond motifs is 1. The zero-order valence-corrected chi connectivity index (χ0v) is 9.40. The number of phosphoric acid groups is 1. The van der Waals surface area contributed by atoms with Crippen LogP contribution in [-0.4, -0.2) is 14.8 Å². The second kappa shape index (κ2) is 4.08. The van der Waals surface area contributed by atoms with Gasteiger partial charge < -0.3 is 19.7 Å². The summed E-state index contributed by atoms with van der Waals surface area (Å²) in [4.78, 5) is 24.3. The third kappa shape index (κ3) is 2.55. The van der Waals surface area contributed by atoms with Crippen LogP contribution in [0.3, 0.4) is 0 Å². The SMILES string of the molecule is O=P(O)(O)OOc1c[nH]c2cc(Cl)ccc12. The molecule has 0 fully saturated rings. The summed E-state index contributed by atoms with van der Waals surface area (Å²) in [6, 6.07) is 4.93. The Labute approximate surface area is 94.9 Å². The first kappa shape index (κ1) is 11.4. The van der Waals surface area contributed by atoms with Crippen LogP contribution in [0.5, 0.6) is 5.75 Å². The quantitative estimate of drug-likeness (QED) is 0.449. The second-order valence-corrected chi connectivity index (χ2v) is 4.56. The van der Waals surface area contributed by atoms with Crippen LogP contribution in [0.1, 0.15) is 0 Å². The molecule has 16 heavy (non-hydrogen) atoms. The lowest BCUT2D eigenvalue weighted by molar-refractivity contribution is -0.121. The predicted octanol–water partition coefficient (Wildman–Crippen LogP) is 2.22. The molecule has 0 amide bonds. The molecule has 0 saturated carbocycles. The molecule has 86 valence electrons. The molecule has 0 spiro atoms. The molecule has 0 atom stereocenters. The number of H-pyrrole nitrogens is 1. The third-order valence-corrected chi connectivity index (χ3v) is 2.33. The molecule has 6 nitrogen and oxygen atoms in total. The highest BCUT2D eigenvalue weighted by atomic mass is 35.5. The Morgan fingerprint density at radius 1 is 1.38 bits per heavy atom. The molecule has 1 heterocycles. The van der Waals surface area contributed by atoms with Crippen molar-refractivity contribution in [3.63, 3.8) is 0 Å². The summed E-state index contributed by atoms with van der Waals surface area (Å²) in [5.41, 5.74) is 0.678. The molecule has 0 radical (unpaired) electrons. The van der Waals surface area contributed by atoms with Gasteiger partial charge in [-0.3, -0.25) is 0 Å². The molecular formula is C8H7ClNO5P. The number of benzene rings is 1. The van der Waals surface area contributed by atoms with Crippen molar-refractivity contribution in [1.82, 2.24) is 4.98 Å². The number of hydrogen-bond acceptors (Lipinski definition) is 3. The van der Waals surface area contributed by atoms with Crippen LogP contribution in [0.15, 0.2) is 24.4 Å². The van der Waals surface area contributed by atoms with Crippen LogP contribution >= 0.6 is 19.4 Å². The largest absolute Gasteiger partial charge is 0.505 e. The summed E-state index contributed by atoms with van der Waals surface area (Å²) in [7, 11) is -4.66. The van der Waals surface area contributed by atoms with E-state index in [2.05, 4.69) is 14.5 Å². The summed E-state index contributed by atoms with van der Waals surface area (Å²) in [5, 5.41) is 1.15. The Morgan fingerprint density at radius 2 is 2.12 bits per heavy atom. The lowest BCUT2D eigenvalue weighted by Crippen LogP contribution is -1.93. The van der Waals surface area contributed by atoms with E-state index in [4.69, 9.17) is 21.4 Å². The molecule has 2 rings (SSSR count). The van der Waals surface area contributed by atoms with E-state index in [-0.39, 0.29) is 5.75 Å². The zero-order chi connectivity index (χ0) is 11.8. The van der Waals surface area contributed by atoms with Crippen molar-refractivity contribution in [3.05, 3.63) is 29.4 Å². The maximum atomic E-state index is 10.4. The average molecular weight is 264 g/mol. The van der Waals surface area contributed by atoms with Gasteiger partial charge in [-0.25, -0.2) is 4.57 Å². The number of halogens is 1. The predicted molar refractivity (Wildman–Crippen MR) is 57.1 cm³/mol. The van der Waals surface area contributed by atoms with E-state index in [0.717, 1.165) is 0 Å². The highest BCUT2D eigenvalue weighted by molar-refractivity contribution is 7.46. The Bertz CT molecular complexity index is 563. The highest BCUT2D eigenvalue weighted by Crippen LogP contribution is 2.38. The van der Waals surface area contributed by atoms with Crippen molar-refractivity contribution in [2.75, 3.05) is 0 Å². The van der Waals surface area contributed by atoms with E-state index in [1.54, 1.807) is 18.2 Å². The molecule has 0 aliphatic rings. The van der Waals surface area contributed by atoms with Gasteiger partial charge in [0.2, 0.25) is 0 Å². The molecule has 0 unspecified atom stereocenters. The highest BCUT2D eigenvalue weighted by Gasteiger charge is 2.17. The molecule has 0 saturated heterocycles.